The summed E-state index contributed by atoms with van der Waals surface area (Å²) in [5.41, 5.74) is 15.7. The zero-order chi connectivity index (χ0) is 39.8. The van der Waals surface area contributed by atoms with Gasteiger partial charge in [0.15, 0.2) is 0 Å². The molecule has 10 aromatic rings. The molecule has 0 aliphatic carbocycles. The fourth-order valence-corrected chi connectivity index (χ4v) is 8.35. The third-order valence-corrected chi connectivity index (χ3v) is 11.5. The van der Waals surface area contributed by atoms with Crippen molar-refractivity contribution >= 4 is 43.7 Å². The fourth-order valence-electron chi connectivity index (χ4n) is 8.35. The summed E-state index contributed by atoms with van der Waals surface area (Å²) in [6, 6.07) is 58.2. The minimum atomic E-state index is -0.156. The van der Waals surface area contributed by atoms with Gasteiger partial charge in [-0.15, -0.1) is 40.4 Å². The first-order chi connectivity index (χ1) is 28.0. The molecule has 3 aromatic heterocycles. The Morgan fingerprint density at radius 2 is 1.24 bits per heavy atom. The van der Waals surface area contributed by atoms with Gasteiger partial charge in [0.05, 0.1) is 16.9 Å². The van der Waals surface area contributed by atoms with E-state index in [9.17, 15) is 0 Å². The van der Waals surface area contributed by atoms with E-state index in [2.05, 4.69) is 198 Å². The van der Waals surface area contributed by atoms with Crippen molar-refractivity contribution in [2.24, 2.45) is 0 Å². The number of rotatable bonds is 5. The average molecular weight is 944 g/mol. The molecule has 59 heavy (non-hydrogen) atoms. The van der Waals surface area contributed by atoms with Crippen molar-refractivity contribution in [3.05, 3.63) is 175 Å². The van der Waals surface area contributed by atoms with Crippen LogP contribution in [0.25, 0.3) is 94.2 Å². The number of nitrogens with zero attached hydrogens (tertiary/aromatic N) is 4. The van der Waals surface area contributed by atoms with Crippen molar-refractivity contribution in [2.75, 3.05) is 0 Å². The molecule has 0 saturated carbocycles. The number of pyridine rings is 1. The van der Waals surface area contributed by atoms with Gasteiger partial charge < -0.3 is 9.55 Å². The van der Waals surface area contributed by atoms with Gasteiger partial charge in [-0.25, -0.2) is 0 Å². The van der Waals surface area contributed by atoms with Gasteiger partial charge in [-0.05, 0) is 79.6 Å². The number of hydrogen-bond donors (Lipinski definition) is 0. The van der Waals surface area contributed by atoms with E-state index in [4.69, 9.17) is 15.0 Å². The summed E-state index contributed by atoms with van der Waals surface area (Å²) in [6.07, 6.45) is 1.88. The second-order valence-electron chi connectivity index (χ2n) is 17.5. The standard InChI is InChI=1S/C54H44N4.Pt/c1-53(2,3)39-24-26-41(27-25-39)58-48-23-13-21-45(44-20-12-19-43-42-18-10-11-22-47(42)56-50(43)44)51(48)57-52(58)38-30-37(31-40(32-38)54(4,5)6)46-33-36(34-15-8-7-9-16-34)29-35-17-14-28-55-49(35)46;/h7-29,31-33H,1-6H3;/q-2;+2. The average Bonchev–Trinajstić information content (AvgIpc) is 3.82. The summed E-state index contributed by atoms with van der Waals surface area (Å²) in [7, 11) is 0. The molecule has 0 atom stereocenters. The maximum atomic E-state index is 5.64. The van der Waals surface area contributed by atoms with Gasteiger partial charge in [0.25, 0.3) is 0 Å². The molecule has 4 nitrogen and oxygen atoms in total. The molecule has 5 heteroatoms. The summed E-state index contributed by atoms with van der Waals surface area (Å²) in [6.45, 7) is 13.6. The molecular formula is C54H44N4Pt. The van der Waals surface area contributed by atoms with Gasteiger partial charge in [-0.3, -0.25) is 9.97 Å². The van der Waals surface area contributed by atoms with Gasteiger partial charge in [-0.2, -0.15) is 0 Å². The van der Waals surface area contributed by atoms with Crippen molar-refractivity contribution in [1.29, 1.82) is 0 Å². The number of benzene rings is 7. The van der Waals surface area contributed by atoms with Crippen LogP contribution in [0, 0.1) is 6.07 Å². The molecule has 0 bridgehead atoms. The minimum Gasteiger partial charge on any atom is -0.656 e. The molecule has 0 fully saturated rings. The van der Waals surface area contributed by atoms with E-state index in [0.717, 1.165) is 94.2 Å². The summed E-state index contributed by atoms with van der Waals surface area (Å²) >= 11 is 0. The Hall–Kier alpha value is -6.09. The van der Waals surface area contributed by atoms with E-state index in [1.165, 1.54) is 11.1 Å². The first-order valence-corrected chi connectivity index (χ1v) is 20.1. The van der Waals surface area contributed by atoms with Crippen molar-refractivity contribution in [2.45, 2.75) is 52.4 Å². The first-order valence-electron chi connectivity index (χ1n) is 20.1. The van der Waals surface area contributed by atoms with Crippen LogP contribution >= 0.6 is 0 Å². The minimum absolute atomic E-state index is 0. The SMILES string of the molecule is CC(C)(C)c1ccc(-n2c(-c3[c-]c(-c4cc(-c5ccccc5)cc5cccnc45)cc(C(C)(C)C)c3)nc3c(-c4cccc5c4[n-]c4ccccc45)cccc32)cc1.[Pt+2]. The summed E-state index contributed by atoms with van der Waals surface area (Å²) in [5, 5.41) is 3.40. The molecule has 0 N–H and O–H groups in total. The summed E-state index contributed by atoms with van der Waals surface area (Å²) in [5.74, 6) is 0.836. The van der Waals surface area contributed by atoms with Gasteiger partial charge >= 0.3 is 21.1 Å². The zero-order valence-corrected chi connectivity index (χ0v) is 36.4. The number of hydrogen-bond acceptors (Lipinski definition) is 2. The summed E-state index contributed by atoms with van der Waals surface area (Å²) in [4.78, 5) is 15.8. The van der Waals surface area contributed by atoms with Gasteiger partial charge in [0.2, 0.25) is 0 Å². The maximum absolute atomic E-state index is 5.64. The molecule has 0 aliphatic rings. The van der Waals surface area contributed by atoms with Crippen LogP contribution in [0.1, 0.15) is 52.7 Å². The van der Waals surface area contributed by atoms with E-state index in [-0.39, 0.29) is 31.9 Å². The Labute approximate surface area is 360 Å². The molecule has 290 valence electrons. The molecule has 10 rings (SSSR count). The normalized spacial score (nSPS) is 12.1. The molecule has 0 amide bonds. The molecule has 0 saturated heterocycles. The van der Waals surface area contributed by atoms with Crippen LogP contribution in [-0.4, -0.2) is 14.5 Å². The fraction of sp³-hybridized carbons (Fsp3) is 0.148. The smallest absolute Gasteiger partial charge is 0.656 e. The van der Waals surface area contributed by atoms with Gasteiger partial charge in [0.1, 0.15) is 0 Å². The first kappa shape index (κ1) is 38.4. The quantitative estimate of drug-likeness (QED) is 0.162. The van der Waals surface area contributed by atoms with Crippen molar-refractivity contribution in [3.8, 4) is 50.5 Å². The van der Waals surface area contributed by atoms with Crippen LogP contribution in [0.15, 0.2) is 158 Å². The molecule has 3 heterocycles. The number of fused-ring (bicyclic) bond motifs is 5. The Kier molecular flexibility index (Phi) is 9.53. The second kappa shape index (κ2) is 14.6. The predicted octanol–water partition coefficient (Wildman–Crippen LogP) is 13.9. The third kappa shape index (κ3) is 6.80. The topological polar surface area (TPSA) is 44.8 Å². The number of aromatic nitrogens is 4. The van der Waals surface area contributed by atoms with Crippen LogP contribution in [0.3, 0.4) is 0 Å². The molecule has 0 radical (unpaired) electrons. The monoisotopic (exact) mass is 943 g/mol. The number of para-hydroxylation sites is 3. The predicted molar refractivity (Wildman–Crippen MR) is 243 cm³/mol. The zero-order valence-electron chi connectivity index (χ0n) is 34.1. The molecule has 0 aliphatic heterocycles. The van der Waals surface area contributed by atoms with Crippen molar-refractivity contribution in [1.82, 2.24) is 19.5 Å². The van der Waals surface area contributed by atoms with E-state index in [1.54, 1.807) is 0 Å². The van der Waals surface area contributed by atoms with Crippen LogP contribution in [0.5, 0.6) is 0 Å². The van der Waals surface area contributed by atoms with Crippen molar-refractivity contribution in [3.63, 3.8) is 0 Å². The maximum Gasteiger partial charge on any atom is 2.00 e. The molecule has 0 spiro atoms. The molecular weight excluding hydrogens is 900 g/mol. The van der Waals surface area contributed by atoms with E-state index < -0.39 is 0 Å². The van der Waals surface area contributed by atoms with Crippen LogP contribution in [0.4, 0.5) is 0 Å². The third-order valence-electron chi connectivity index (χ3n) is 11.5. The summed E-state index contributed by atoms with van der Waals surface area (Å²) < 4.78 is 2.32. The Bertz CT molecular complexity index is 3180. The van der Waals surface area contributed by atoms with Gasteiger partial charge in [0, 0.05) is 23.0 Å². The van der Waals surface area contributed by atoms with Gasteiger partial charge in [-0.1, -0.05) is 162 Å². The van der Waals surface area contributed by atoms with E-state index in [0.29, 0.717) is 0 Å². The second-order valence-corrected chi connectivity index (χ2v) is 17.5. The van der Waals surface area contributed by atoms with Crippen LogP contribution < -0.4 is 4.98 Å². The largest absolute Gasteiger partial charge is 2.00 e. The van der Waals surface area contributed by atoms with E-state index >= 15 is 0 Å². The van der Waals surface area contributed by atoms with Crippen molar-refractivity contribution < 1.29 is 21.1 Å². The molecule has 7 aromatic carbocycles. The molecule has 0 unspecified atom stereocenters. The Morgan fingerprint density at radius 3 is 2.02 bits per heavy atom. The Morgan fingerprint density at radius 1 is 0.542 bits per heavy atom. The van der Waals surface area contributed by atoms with Crippen LogP contribution in [-0.2, 0) is 31.9 Å². The van der Waals surface area contributed by atoms with Crippen LogP contribution in [0.2, 0.25) is 0 Å². The van der Waals surface area contributed by atoms with E-state index in [1.807, 2.05) is 12.3 Å². The number of imidazole rings is 1. The Balaban J connectivity index is 0.00000449.